The molecule has 0 aromatic carbocycles. The van der Waals surface area contributed by atoms with E-state index in [1.165, 1.54) is 5.56 Å². The van der Waals surface area contributed by atoms with E-state index in [0.717, 1.165) is 12.8 Å². The molecule has 1 fully saturated rings. The average Bonchev–Trinajstić information content (AvgIpc) is 2.53. The second-order valence-electron chi connectivity index (χ2n) is 5.18. The number of carbonyl (C=O) groups excluding carboxylic acids is 1. The molecule has 1 saturated heterocycles. The summed E-state index contributed by atoms with van der Waals surface area (Å²) in [5.74, 6) is 0.124. The van der Waals surface area contributed by atoms with E-state index in [-0.39, 0.29) is 18.2 Å². The quantitative estimate of drug-likeness (QED) is 0.869. The van der Waals surface area contributed by atoms with Crippen LogP contribution >= 0.6 is 0 Å². The van der Waals surface area contributed by atoms with Crippen molar-refractivity contribution < 1.29 is 13.2 Å². The zero-order valence-electron chi connectivity index (χ0n) is 12.2. The number of rotatable bonds is 5. The van der Waals surface area contributed by atoms with E-state index in [1.54, 1.807) is 24.2 Å². The number of amides is 1. The highest BCUT2D eigenvalue weighted by Crippen LogP contribution is 2.26. The summed E-state index contributed by atoms with van der Waals surface area (Å²) < 4.78 is 25.1. The van der Waals surface area contributed by atoms with Gasteiger partial charge in [-0.2, -0.15) is 0 Å². The fourth-order valence-corrected chi connectivity index (χ4v) is 3.04. The van der Waals surface area contributed by atoms with Gasteiger partial charge in [-0.3, -0.25) is 9.78 Å². The first-order chi connectivity index (χ1) is 10.0. The second-order valence-corrected chi connectivity index (χ2v) is 7.28. The lowest BCUT2D eigenvalue weighted by Crippen LogP contribution is -2.44. The number of hydrogen-bond acceptors (Lipinski definition) is 4. The van der Waals surface area contributed by atoms with Crippen molar-refractivity contribution in [3.8, 4) is 0 Å². The Morgan fingerprint density at radius 1 is 1.43 bits per heavy atom. The molecule has 116 valence electrons. The zero-order chi connectivity index (χ0) is 15.3. The summed E-state index contributed by atoms with van der Waals surface area (Å²) >= 11 is 0. The Labute approximate surface area is 125 Å². The summed E-state index contributed by atoms with van der Waals surface area (Å²) in [6.45, 7) is 2.72. The largest absolute Gasteiger partial charge is 0.341 e. The Bertz CT molecular complexity index is 574. The van der Waals surface area contributed by atoms with Gasteiger partial charge in [0.05, 0.1) is 12.3 Å². The molecule has 6 nitrogen and oxygen atoms in total. The van der Waals surface area contributed by atoms with Crippen molar-refractivity contribution in [3.05, 3.63) is 30.1 Å². The van der Waals surface area contributed by atoms with Crippen LogP contribution in [0.2, 0.25) is 0 Å². The lowest BCUT2D eigenvalue weighted by molar-refractivity contribution is -0.131. The van der Waals surface area contributed by atoms with E-state index in [2.05, 4.69) is 9.71 Å². The first-order valence-electron chi connectivity index (χ1n) is 7.17. The second kappa shape index (κ2) is 7.00. The first kappa shape index (κ1) is 15.9. The van der Waals surface area contributed by atoms with Crippen LogP contribution < -0.4 is 4.72 Å². The topological polar surface area (TPSA) is 79.4 Å². The number of pyridine rings is 1. The van der Waals surface area contributed by atoms with Crippen LogP contribution in [0.25, 0.3) is 0 Å². The van der Waals surface area contributed by atoms with Crippen molar-refractivity contribution in [1.29, 1.82) is 0 Å². The van der Waals surface area contributed by atoms with Crippen LogP contribution in [0.1, 0.15) is 31.2 Å². The lowest BCUT2D eigenvalue weighted by Gasteiger charge is -2.33. The maximum atomic E-state index is 12.1. The molecule has 0 aliphatic carbocycles. The molecular weight excluding hydrogens is 290 g/mol. The molecule has 1 aromatic rings. The normalized spacial score (nSPS) is 19.5. The number of aromatic nitrogens is 1. The number of nitrogens with zero attached hydrogens (tertiary/aromatic N) is 2. The molecule has 2 rings (SSSR count). The monoisotopic (exact) mass is 311 g/mol. The number of likely N-dealkylation sites (tertiary alicyclic amines) is 1. The number of sulfonamides is 1. The molecule has 0 saturated carbocycles. The molecule has 1 aromatic heterocycles. The number of piperidine rings is 1. The highest BCUT2D eigenvalue weighted by atomic mass is 32.2. The van der Waals surface area contributed by atoms with Gasteiger partial charge in [-0.1, -0.05) is 0 Å². The van der Waals surface area contributed by atoms with Crippen LogP contribution in [0.4, 0.5) is 0 Å². The zero-order valence-corrected chi connectivity index (χ0v) is 13.0. The van der Waals surface area contributed by atoms with Gasteiger partial charge in [-0.05, 0) is 37.5 Å². The van der Waals surface area contributed by atoms with Gasteiger partial charge in [0.1, 0.15) is 0 Å². The Hall–Kier alpha value is -1.47. The van der Waals surface area contributed by atoms with Crippen molar-refractivity contribution in [1.82, 2.24) is 14.6 Å². The molecule has 21 heavy (non-hydrogen) atoms. The maximum Gasteiger partial charge on any atom is 0.237 e. The summed E-state index contributed by atoms with van der Waals surface area (Å²) in [5.41, 5.74) is 1.18. The van der Waals surface area contributed by atoms with E-state index in [0.29, 0.717) is 19.0 Å². The van der Waals surface area contributed by atoms with Gasteiger partial charge in [0.2, 0.25) is 15.9 Å². The smallest absolute Gasteiger partial charge is 0.237 e. The van der Waals surface area contributed by atoms with Gasteiger partial charge in [0.15, 0.2) is 0 Å². The Kier molecular flexibility index (Phi) is 5.30. The van der Waals surface area contributed by atoms with Crippen LogP contribution in [-0.4, -0.2) is 49.6 Å². The maximum absolute atomic E-state index is 12.1. The van der Waals surface area contributed by atoms with Gasteiger partial charge >= 0.3 is 0 Å². The summed E-state index contributed by atoms with van der Waals surface area (Å²) in [6, 6.07) is 3.94. The Balaban J connectivity index is 1.93. The number of hydrogen-bond donors (Lipinski definition) is 1. The minimum atomic E-state index is -3.32. The minimum absolute atomic E-state index is 0.0140. The summed E-state index contributed by atoms with van der Waals surface area (Å²) in [6.07, 6.45) is 5.48. The van der Waals surface area contributed by atoms with Gasteiger partial charge in [0, 0.05) is 31.4 Å². The fraction of sp³-hybridized carbons (Fsp3) is 0.571. The molecule has 1 aliphatic rings. The van der Waals surface area contributed by atoms with Crippen LogP contribution in [-0.2, 0) is 14.8 Å². The van der Waals surface area contributed by atoms with Crippen molar-refractivity contribution in [2.75, 3.05) is 25.4 Å². The number of carbonyl (C=O) groups is 1. The Morgan fingerprint density at radius 2 is 2.14 bits per heavy atom. The van der Waals surface area contributed by atoms with E-state index in [4.69, 9.17) is 0 Å². The van der Waals surface area contributed by atoms with Crippen LogP contribution in [0.5, 0.6) is 0 Å². The summed E-state index contributed by atoms with van der Waals surface area (Å²) in [4.78, 5) is 17.9. The molecule has 7 heteroatoms. The predicted molar refractivity (Wildman–Crippen MR) is 80.3 cm³/mol. The van der Waals surface area contributed by atoms with Crippen LogP contribution in [0.15, 0.2) is 24.5 Å². The minimum Gasteiger partial charge on any atom is -0.341 e. The third-order valence-electron chi connectivity index (χ3n) is 3.77. The van der Waals surface area contributed by atoms with Crippen molar-refractivity contribution in [2.24, 2.45) is 0 Å². The standard InChI is InChI=1S/C14H21N3O3S/c1-2-21(19,20)16-10-14(18)17-9-3-4-13(11-17)12-5-7-15-8-6-12/h5-8,13,16H,2-4,9-11H2,1H3. The SMILES string of the molecule is CCS(=O)(=O)NCC(=O)N1CCCC(c2ccncc2)C1. The molecule has 1 atom stereocenters. The van der Waals surface area contributed by atoms with E-state index in [1.807, 2.05) is 12.1 Å². The fourth-order valence-electron chi connectivity index (χ4n) is 2.50. The van der Waals surface area contributed by atoms with Gasteiger partial charge in [0.25, 0.3) is 0 Å². The first-order valence-corrected chi connectivity index (χ1v) is 8.82. The van der Waals surface area contributed by atoms with Crippen LogP contribution in [0.3, 0.4) is 0 Å². The average molecular weight is 311 g/mol. The van der Waals surface area contributed by atoms with E-state index >= 15 is 0 Å². The van der Waals surface area contributed by atoms with E-state index < -0.39 is 10.0 Å². The molecule has 1 N–H and O–H groups in total. The molecule has 2 heterocycles. The summed E-state index contributed by atoms with van der Waals surface area (Å²) in [7, 11) is -3.32. The van der Waals surface area contributed by atoms with Crippen LogP contribution in [0, 0.1) is 0 Å². The van der Waals surface area contributed by atoms with Crippen molar-refractivity contribution in [2.45, 2.75) is 25.7 Å². The third-order valence-corrected chi connectivity index (χ3v) is 5.12. The van der Waals surface area contributed by atoms with Crippen molar-refractivity contribution in [3.63, 3.8) is 0 Å². The number of nitrogens with one attached hydrogen (secondary N) is 1. The molecule has 0 spiro atoms. The third kappa shape index (κ3) is 4.50. The van der Waals surface area contributed by atoms with E-state index in [9.17, 15) is 13.2 Å². The Morgan fingerprint density at radius 3 is 2.81 bits per heavy atom. The highest BCUT2D eigenvalue weighted by Gasteiger charge is 2.25. The predicted octanol–water partition coefficient (Wildman–Crippen LogP) is 0.727. The van der Waals surface area contributed by atoms with Gasteiger partial charge < -0.3 is 4.90 Å². The van der Waals surface area contributed by atoms with Gasteiger partial charge in [-0.25, -0.2) is 13.1 Å². The molecule has 1 unspecified atom stereocenters. The van der Waals surface area contributed by atoms with Crippen molar-refractivity contribution >= 4 is 15.9 Å². The molecule has 0 radical (unpaired) electrons. The molecule has 0 bridgehead atoms. The lowest BCUT2D eigenvalue weighted by atomic mass is 9.91. The van der Waals surface area contributed by atoms with Gasteiger partial charge in [-0.15, -0.1) is 0 Å². The molecule has 1 amide bonds. The molecular formula is C14H21N3O3S. The molecule has 1 aliphatic heterocycles. The summed E-state index contributed by atoms with van der Waals surface area (Å²) in [5, 5.41) is 0. The highest BCUT2D eigenvalue weighted by molar-refractivity contribution is 7.89.